The van der Waals surface area contributed by atoms with E-state index in [4.69, 9.17) is 0 Å². The van der Waals surface area contributed by atoms with Crippen molar-refractivity contribution in [3.05, 3.63) is 12.7 Å². The summed E-state index contributed by atoms with van der Waals surface area (Å²) in [5.74, 6) is -6.55. The van der Waals surface area contributed by atoms with E-state index in [2.05, 4.69) is 11.3 Å². The summed E-state index contributed by atoms with van der Waals surface area (Å²) < 4.78 is 4.56. The Bertz CT molecular complexity index is 399. The molecule has 0 aromatic heterocycles. The van der Waals surface area contributed by atoms with Crippen molar-refractivity contribution in [1.82, 2.24) is 0 Å². The Morgan fingerprint density at radius 3 is 2.44 bits per heavy atom. The highest BCUT2D eigenvalue weighted by Crippen LogP contribution is 2.40. The number of carbonyl (C=O) groups excluding carboxylic acids is 1. The maximum absolute atomic E-state index is 11.1. The van der Waals surface area contributed by atoms with Crippen molar-refractivity contribution < 1.29 is 34.9 Å². The Labute approximate surface area is 104 Å². The molecule has 0 radical (unpaired) electrons. The van der Waals surface area contributed by atoms with Crippen molar-refractivity contribution in [3.8, 4) is 0 Å². The first-order valence-corrected chi connectivity index (χ1v) is 6.64. The number of aliphatic hydroxyl groups is 4. The molecule has 1 rings (SSSR count). The molecular formula is C10H15O7P. The Kier molecular flexibility index (Phi) is 4.27. The quantitative estimate of drug-likeness (QED) is 0.188. The summed E-state index contributed by atoms with van der Waals surface area (Å²) >= 11 is 0. The van der Waals surface area contributed by atoms with Crippen LogP contribution in [0, 0.1) is 0 Å². The molecule has 0 saturated heterocycles. The minimum absolute atomic E-state index is 0.0513. The van der Waals surface area contributed by atoms with E-state index >= 15 is 0 Å². The normalized spacial score (nSPS) is 19.4. The summed E-state index contributed by atoms with van der Waals surface area (Å²) in [6.45, 7) is 4.46. The number of ether oxygens (including phenoxy) is 1. The van der Waals surface area contributed by atoms with Gasteiger partial charge in [0.1, 0.15) is 0 Å². The number of hydrogen-bond acceptors (Lipinski definition) is 7. The van der Waals surface area contributed by atoms with Gasteiger partial charge < -0.3 is 30.1 Å². The van der Waals surface area contributed by atoms with Gasteiger partial charge >= 0.3 is 5.97 Å². The molecule has 7 nitrogen and oxygen atoms in total. The van der Waals surface area contributed by atoms with Crippen LogP contribution in [0.25, 0.3) is 0 Å². The second kappa shape index (κ2) is 5.05. The van der Waals surface area contributed by atoms with Gasteiger partial charge in [-0.1, -0.05) is 13.5 Å². The zero-order valence-electron chi connectivity index (χ0n) is 9.74. The first-order chi connectivity index (χ1) is 8.16. The molecule has 0 aromatic rings. The van der Waals surface area contributed by atoms with E-state index in [9.17, 15) is 30.1 Å². The third kappa shape index (κ3) is 2.95. The van der Waals surface area contributed by atoms with Gasteiger partial charge in [-0.3, -0.25) is 0 Å². The molecule has 0 amide bonds. The summed E-state index contributed by atoms with van der Waals surface area (Å²) in [6.07, 6.45) is -1.69. The van der Waals surface area contributed by atoms with E-state index in [1.165, 1.54) is 6.92 Å². The lowest BCUT2D eigenvalue weighted by atomic mass is 9.96. The number of rotatable bonds is 6. The molecule has 1 aliphatic heterocycles. The predicted molar refractivity (Wildman–Crippen MR) is 61.5 cm³/mol. The predicted octanol–water partition coefficient (Wildman–Crippen LogP) is -2.20. The Balaban J connectivity index is 3.04. The van der Waals surface area contributed by atoms with Gasteiger partial charge in [-0.05, 0) is 0 Å². The van der Waals surface area contributed by atoms with Crippen LogP contribution >= 0.6 is 7.77 Å². The van der Waals surface area contributed by atoms with Gasteiger partial charge in [-0.15, -0.1) is 0 Å². The standard InChI is InChI=1S/C10H15O7P/c1-3-7(11)17-8(9(12,13)4-2)10(14,15)6-5-18(6)16/h3,8,12-15H,1,4-5H2,2H3. The van der Waals surface area contributed by atoms with Gasteiger partial charge in [0.15, 0.2) is 6.16 Å². The first kappa shape index (κ1) is 15.2. The Morgan fingerprint density at radius 1 is 1.61 bits per heavy atom. The lowest BCUT2D eigenvalue weighted by Crippen LogP contribution is -2.60. The number of esters is 1. The molecule has 0 aliphatic carbocycles. The molecular weight excluding hydrogens is 263 g/mol. The average molecular weight is 278 g/mol. The average Bonchev–Trinajstić information content (AvgIpc) is 3.03. The van der Waals surface area contributed by atoms with E-state index in [-0.39, 0.29) is 17.9 Å². The van der Waals surface area contributed by atoms with Crippen LogP contribution in [0.3, 0.4) is 0 Å². The largest absolute Gasteiger partial charge is 0.630 e. The van der Waals surface area contributed by atoms with Crippen LogP contribution in [0.4, 0.5) is 0 Å². The van der Waals surface area contributed by atoms with Crippen molar-refractivity contribution in [2.75, 3.05) is 6.16 Å². The smallest absolute Gasteiger partial charge is 0.330 e. The summed E-state index contributed by atoms with van der Waals surface area (Å²) in [5, 5.41) is 38.7. The number of hydrogen-bond donors (Lipinski definition) is 4. The molecule has 0 aromatic carbocycles. The maximum atomic E-state index is 11.1. The van der Waals surface area contributed by atoms with Gasteiger partial charge in [0.2, 0.25) is 17.2 Å². The van der Waals surface area contributed by atoms with E-state index < -0.39 is 31.4 Å². The second-order valence-corrected chi connectivity index (χ2v) is 5.58. The van der Waals surface area contributed by atoms with Crippen LogP contribution in [0.5, 0.6) is 0 Å². The van der Waals surface area contributed by atoms with Crippen molar-refractivity contribution in [2.45, 2.75) is 31.0 Å². The van der Waals surface area contributed by atoms with Crippen LogP contribution in [-0.4, -0.2) is 55.5 Å². The number of carbonyl (C=O) groups is 1. The van der Waals surface area contributed by atoms with Crippen LogP contribution in [-0.2, 0) is 9.53 Å². The van der Waals surface area contributed by atoms with Crippen LogP contribution < -0.4 is 4.89 Å². The van der Waals surface area contributed by atoms with Crippen molar-refractivity contribution in [2.24, 2.45) is 0 Å². The van der Waals surface area contributed by atoms with E-state index in [0.29, 0.717) is 0 Å². The molecule has 0 spiro atoms. The van der Waals surface area contributed by atoms with Gasteiger partial charge in [0.25, 0.3) is 5.79 Å². The Hall–Kier alpha value is -0.820. The summed E-state index contributed by atoms with van der Waals surface area (Å²) in [6, 6.07) is 0. The molecule has 18 heavy (non-hydrogen) atoms. The topological polar surface area (TPSA) is 130 Å². The van der Waals surface area contributed by atoms with E-state index in [0.717, 1.165) is 6.08 Å². The monoisotopic (exact) mass is 278 g/mol. The molecule has 8 heteroatoms. The molecule has 1 aliphatic rings. The van der Waals surface area contributed by atoms with E-state index in [1.807, 2.05) is 0 Å². The highest BCUT2D eigenvalue weighted by molar-refractivity contribution is 7.64. The zero-order chi connectivity index (χ0) is 14.1. The molecule has 0 saturated carbocycles. The van der Waals surface area contributed by atoms with Crippen molar-refractivity contribution >= 4 is 19.0 Å². The second-order valence-electron chi connectivity index (χ2n) is 3.96. The minimum Gasteiger partial charge on any atom is -0.630 e. The fourth-order valence-corrected chi connectivity index (χ4v) is 2.49. The third-order valence-corrected chi connectivity index (χ3v) is 3.93. The third-order valence-electron chi connectivity index (χ3n) is 2.62. The fourth-order valence-electron chi connectivity index (χ4n) is 1.40. The first-order valence-electron chi connectivity index (χ1n) is 5.20. The highest BCUT2D eigenvalue weighted by Gasteiger charge is 2.60. The minimum atomic E-state index is -2.84. The molecule has 2 atom stereocenters. The van der Waals surface area contributed by atoms with Crippen molar-refractivity contribution in [3.63, 3.8) is 0 Å². The summed E-state index contributed by atoms with van der Waals surface area (Å²) in [4.78, 5) is 22.2. The van der Waals surface area contributed by atoms with Crippen LogP contribution in [0.15, 0.2) is 12.7 Å². The SMILES string of the molecule is C=CC(=O)OC(C(O)(O)CC)C(O)(O)C1=[P+]([O-])C1. The van der Waals surface area contributed by atoms with Gasteiger partial charge in [0.05, 0.1) is 7.77 Å². The Morgan fingerprint density at radius 2 is 2.11 bits per heavy atom. The highest BCUT2D eigenvalue weighted by atomic mass is 31.1. The van der Waals surface area contributed by atoms with Gasteiger partial charge in [-0.2, -0.15) is 0 Å². The van der Waals surface area contributed by atoms with Gasteiger partial charge in [0, 0.05) is 12.5 Å². The lowest BCUT2D eigenvalue weighted by molar-refractivity contribution is -0.302. The van der Waals surface area contributed by atoms with Crippen LogP contribution in [0.1, 0.15) is 13.3 Å². The molecule has 0 fully saturated rings. The molecule has 0 bridgehead atoms. The summed E-state index contributed by atoms with van der Waals surface area (Å²) in [5.41, 5.74) is 0. The maximum Gasteiger partial charge on any atom is 0.330 e. The molecule has 1 heterocycles. The van der Waals surface area contributed by atoms with E-state index in [1.54, 1.807) is 0 Å². The van der Waals surface area contributed by atoms with Gasteiger partial charge in [-0.25, -0.2) is 4.79 Å². The fraction of sp³-hybridized carbons (Fsp3) is 0.600. The lowest BCUT2D eigenvalue weighted by Gasteiger charge is -2.35. The molecule has 2 unspecified atom stereocenters. The van der Waals surface area contributed by atoms with Crippen LogP contribution in [0.2, 0.25) is 0 Å². The summed E-state index contributed by atoms with van der Waals surface area (Å²) in [7, 11) is -1.91. The molecule has 4 N–H and O–H groups in total. The zero-order valence-corrected chi connectivity index (χ0v) is 10.6. The molecule has 102 valence electrons. The van der Waals surface area contributed by atoms with Crippen molar-refractivity contribution in [1.29, 1.82) is 0 Å².